The Bertz CT molecular complexity index is 1890. The van der Waals surface area contributed by atoms with Gasteiger partial charge in [0.15, 0.2) is 11.9 Å². The Morgan fingerprint density at radius 3 is 2.32 bits per heavy atom. The zero-order valence-electron chi connectivity index (χ0n) is 40.9. The highest BCUT2D eigenvalue weighted by molar-refractivity contribution is 5.85. The third-order valence-electron chi connectivity index (χ3n) is 15.9. The standard InChI is InChI=1S/C50H77N3O13/c1-12-26-59-44(55)35(13-2)37-17-16-29(5)41(61-37)33(9)43(63-46(57)53-25-24-52-28-53)32(8)40(54)36(14-3)42-30(6)27-31(7)49(64-42)21-19-39(62-45(51)56)50(66-49)23-22-47(11,65-50)38-18-20-48(58,15-4)34(10)60-38/h12,19,21,24-25,28-39,41-43,58H,1,13-18,20,22-23,26-27H2,2-11H3,(H2,51,56)/t29?,30-,31+,32+,33+,34-,35+,36-,37+,38+,39+,41+,42-,43+,47-,48+,49-,50-/m0/s1. The molecule has 66 heavy (non-hydrogen) atoms. The van der Waals surface area contributed by atoms with Crippen LogP contribution in [0.1, 0.15) is 133 Å². The number of carbonyl (C=O) groups excluding carboxylic acids is 4. The fraction of sp³-hybridized carbons (Fsp3) is 0.780. The topological polar surface area (TPSA) is 206 Å². The van der Waals surface area contributed by atoms with E-state index in [-0.39, 0.29) is 42.2 Å². The summed E-state index contributed by atoms with van der Waals surface area (Å²) in [5.41, 5.74) is 3.81. The van der Waals surface area contributed by atoms with Crippen LogP contribution in [0.5, 0.6) is 0 Å². The van der Waals surface area contributed by atoms with Crippen molar-refractivity contribution in [3.8, 4) is 0 Å². The van der Waals surface area contributed by atoms with Gasteiger partial charge >= 0.3 is 18.2 Å². The molecule has 0 aromatic carbocycles. The molecule has 16 nitrogen and oxygen atoms in total. The number of primary amides is 1. The number of nitrogens with zero attached hydrogens (tertiary/aromatic N) is 2. The van der Waals surface area contributed by atoms with Crippen molar-refractivity contribution >= 4 is 23.9 Å². The number of hydrogen-bond donors (Lipinski definition) is 2. The lowest BCUT2D eigenvalue weighted by Crippen LogP contribution is -2.63. The Morgan fingerprint density at radius 2 is 1.70 bits per heavy atom. The normalized spacial score (nSPS) is 39.0. The lowest BCUT2D eigenvalue weighted by molar-refractivity contribution is -0.408. The molecule has 4 saturated heterocycles. The van der Waals surface area contributed by atoms with Gasteiger partial charge in [-0.1, -0.05) is 68.0 Å². The van der Waals surface area contributed by atoms with Gasteiger partial charge in [-0.05, 0) is 95.6 Å². The fourth-order valence-electron chi connectivity index (χ4n) is 11.7. The van der Waals surface area contributed by atoms with Gasteiger partial charge in [-0.2, -0.15) is 0 Å². The average Bonchev–Trinajstić information content (AvgIpc) is 3.95. The van der Waals surface area contributed by atoms with Crippen molar-refractivity contribution in [3.63, 3.8) is 0 Å². The molecule has 16 heteroatoms. The third-order valence-corrected chi connectivity index (χ3v) is 15.9. The van der Waals surface area contributed by atoms with E-state index in [1.807, 2.05) is 48.5 Å². The summed E-state index contributed by atoms with van der Waals surface area (Å²) in [7, 11) is 0. The Morgan fingerprint density at radius 1 is 0.970 bits per heavy atom. The van der Waals surface area contributed by atoms with Gasteiger partial charge in [-0.25, -0.2) is 19.1 Å². The molecule has 6 rings (SSSR count). The zero-order valence-corrected chi connectivity index (χ0v) is 40.9. The number of amides is 1. The van der Waals surface area contributed by atoms with Crippen molar-refractivity contribution in [2.24, 2.45) is 47.2 Å². The summed E-state index contributed by atoms with van der Waals surface area (Å²) in [6.07, 6.45) is 8.89. The van der Waals surface area contributed by atoms with E-state index in [1.165, 1.54) is 29.4 Å². The van der Waals surface area contributed by atoms with Crippen LogP contribution in [0.4, 0.5) is 9.59 Å². The number of hydrogen-bond acceptors (Lipinski definition) is 14. The number of aliphatic hydroxyl groups is 1. The predicted octanol–water partition coefficient (Wildman–Crippen LogP) is 7.82. The maximum absolute atomic E-state index is 15.2. The van der Waals surface area contributed by atoms with Crippen LogP contribution in [-0.4, -0.2) is 111 Å². The van der Waals surface area contributed by atoms with Crippen molar-refractivity contribution in [2.45, 2.75) is 199 Å². The maximum atomic E-state index is 15.2. The Balaban J connectivity index is 1.27. The van der Waals surface area contributed by atoms with E-state index in [4.69, 9.17) is 43.6 Å². The molecular weight excluding hydrogens is 851 g/mol. The predicted molar refractivity (Wildman–Crippen MR) is 243 cm³/mol. The summed E-state index contributed by atoms with van der Waals surface area (Å²) in [6, 6.07) is 0. The van der Waals surface area contributed by atoms with Gasteiger partial charge in [0.05, 0.1) is 53.6 Å². The van der Waals surface area contributed by atoms with Crippen LogP contribution in [0, 0.1) is 41.4 Å². The molecule has 3 N–H and O–H groups in total. The third kappa shape index (κ3) is 10.3. The molecule has 1 aromatic rings. The number of rotatable bonds is 16. The molecule has 1 aromatic heterocycles. The highest BCUT2D eigenvalue weighted by Crippen LogP contribution is 2.54. The monoisotopic (exact) mass is 928 g/mol. The van der Waals surface area contributed by atoms with E-state index in [9.17, 15) is 19.5 Å². The van der Waals surface area contributed by atoms with Crippen LogP contribution < -0.4 is 5.73 Å². The van der Waals surface area contributed by atoms with Gasteiger partial charge in [0, 0.05) is 36.6 Å². The number of ether oxygens (including phenoxy) is 8. The van der Waals surface area contributed by atoms with Gasteiger partial charge < -0.3 is 48.7 Å². The van der Waals surface area contributed by atoms with E-state index in [0.717, 1.165) is 6.42 Å². The van der Waals surface area contributed by atoms with Gasteiger partial charge in [0.1, 0.15) is 24.8 Å². The lowest BCUT2D eigenvalue weighted by Gasteiger charge is -2.54. The van der Waals surface area contributed by atoms with Crippen molar-refractivity contribution in [1.82, 2.24) is 9.55 Å². The smallest absolute Gasteiger partial charge is 0.419 e. The van der Waals surface area contributed by atoms with Crippen LogP contribution in [0.25, 0.3) is 0 Å². The molecule has 6 heterocycles. The van der Waals surface area contributed by atoms with E-state index >= 15 is 4.79 Å². The second-order valence-electron chi connectivity index (χ2n) is 20.2. The van der Waals surface area contributed by atoms with Gasteiger partial charge in [-0.15, -0.1) is 0 Å². The minimum absolute atomic E-state index is 0.0250. The number of ketones is 1. The van der Waals surface area contributed by atoms with Crippen molar-refractivity contribution in [2.75, 3.05) is 6.61 Å². The van der Waals surface area contributed by atoms with Crippen LogP contribution in [-0.2, 0) is 47.5 Å². The molecule has 370 valence electrons. The lowest BCUT2D eigenvalue weighted by atomic mass is 9.72. The quantitative estimate of drug-likeness (QED) is 0.0921. The van der Waals surface area contributed by atoms with E-state index in [0.29, 0.717) is 57.8 Å². The minimum Gasteiger partial charge on any atom is -0.461 e. The molecule has 4 fully saturated rings. The summed E-state index contributed by atoms with van der Waals surface area (Å²) in [4.78, 5) is 58.5. The second-order valence-corrected chi connectivity index (χ2v) is 20.2. The molecule has 5 aliphatic heterocycles. The van der Waals surface area contributed by atoms with Crippen molar-refractivity contribution in [1.29, 1.82) is 0 Å². The number of nitrogens with two attached hydrogens (primary N) is 1. The molecule has 0 radical (unpaired) electrons. The largest absolute Gasteiger partial charge is 0.461 e. The Kier molecular flexibility index (Phi) is 16.4. The van der Waals surface area contributed by atoms with Crippen LogP contribution in [0.3, 0.4) is 0 Å². The van der Waals surface area contributed by atoms with E-state index in [1.54, 1.807) is 19.1 Å². The summed E-state index contributed by atoms with van der Waals surface area (Å²) >= 11 is 0. The maximum Gasteiger partial charge on any atom is 0.419 e. The SMILES string of the molecule is C=CCOC(=O)[C@H](CC)[C@H]1CCC(C)[C@H]([C@@H](C)[C@H](OC(=O)n2ccnc2)[C@H](C)C(=O)[C@H](CC)[C@H]2O[C@]3(C=C[C@@H](OC(N)=O)[C@]4(CC[C@@](C)([C@H]5CC[C@](O)(CC)[C@H](C)O5)O4)O3)[C@H](C)C[C@@H]2C)O1. The Hall–Kier alpha value is -3.67. The molecule has 0 aliphatic carbocycles. The minimum atomic E-state index is -1.50. The molecule has 1 unspecified atom stereocenters. The first-order valence-corrected chi connectivity index (χ1v) is 24.5. The zero-order chi connectivity index (χ0) is 48.4. The number of carbonyl (C=O) groups is 4. The van der Waals surface area contributed by atoms with E-state index < -0.39 is 95.3 Å². The molecule has 18 atom stereocenters. The molecule has 0 bridgehead atoms. The van der Waals surface area contributed by atoms with E-state index in [2.05, 4.69) is 25.4 Å². The number of esters is 1. The van der Waals surface area contributed by atoms with Crippen molar-refractivity contribution < 1.29 is 62.2 Å². The molecule has 0 saturated carbocycles. The highest BCUT2D eigenvalue weighted by atomic mass is 16.8. The molecule has 5 aliphatic rings. The summed E-state index contributed by atoms with van der Waals surface area (Å²) in [6.45, 7) is 23.4. The van der Waals surface area contributed by atoms with Gasteiger partial charge in [0.2, 0.25) is 5.79 Å². The summed E-state index contributed by atoms with van der Waals surface area (Å²) < 4.78 is 53.2. The fourth-order valence-corrected chi connectivity index (χ4v) is 11.7. The number of Topliss-reactive ketones (excluding diaryl/α,β-unsaturated/α-hetero) is 1. The van der Waals surface area contributed by atoms with Gasteiger partial charge in [0.25, 0.3) is 0 Å². The van der Waals surface area contributed by atoms with Crippen molar-refractivity contribution in [3.05, 3.63) is 43.5 Å². The highest BCUT2D eigenvalue weighted by Gasteiger charge is 2.64. The number of aromatic nitrogens is 2. The first-order valence-electron chi connectivity index (χ1n) is 24.5. The van der Waals surface area contributed by atoms with Crippen LogP contribution in [0.15, 0.2) is 43.5 Å². The van der Waals surface area contributed by atoms with Crippen LogP contribution in [0.2, 0.25) is 0 Å². The molecule has 2 spiro atoms. The van der Waals surface area contributed by atoms with Gasteiger partial charge in [-0.3, -0.25) is 9.59 Å². The molecule has 1 amide bonds. The van der Waals surface area contributed by atoms with Crippen LogP contribution >= 0.6 is 0 Å². The number of imidazole rings is 1. The first-order chi connectivity index (χ1) is 31.2. The first kappa shape index (κ1) is 51.7. The summed E-state index contributed by atoms with van der Waals surface area (Å²) in [5.74, 6) is -6.11. The average molecular weight is 928 g/mol. The molecular formula is C50H77N3O13. The Labute approximate surface area is 391 Å². The summed E-state index contributed by atoms with van der Waals surface area (Å²) in [5, 5.41) is 11.2. The second kappa shape index (κ2) is 20.9.